The highest BCUT2D eigenvalue weighted by atomic mass is 35.5. The summed E-state index contributed by atoms with van der Waals surface area (Å²) in [6, 6.07) is 13.5. The Labute approximate surface area is 157 Å². The molecule has 1 amide bonds. The first-order chi connectivity index (χ1) is 12.3. The van der Waals surface area contributed by atoms with Crippen LogP contribution in [0.1, 0.15) is 5.56 Å². The molecule has 1 heterocycles. The number of anilines is 1. The summed E-state index contributed by atoms with van der Waals surface area (Å²) in [6.45, 7) is 1.74. The third-order valence-electron chi connectivity index (χ3n) is 4.00. The predicted molar refractivity (Wildman–Crippen MR) is 102 cm³/mol. The van der Waals surface area contributed by atoms with Gasteiger partial charge in [0.1, 0.15) is 5.75 Å². The average Bonchev–Trinajstić information content (AvgIpc) is 2.96. The number of halogens is 1. The molecule has 1 aliphatic heterocycles. The van der Waals surface area contributed by atoms with E-state index in [-0.39, 0.29) is 18.3 Å². The Balaban J connectivity index is 1.80. The zero-order valence-electron chi connectivity index (χ0n) is 14.1. The maximum atomic E-state index is 12.8. The van der Waals surface area contributed by atoms with Crippen molar-refractivity contribution >= 4 is 33.0 Å². The summed E-state index contributed by atoms with van der Waals surface area (Å²) in [6.07, 6.45) is 1.54. The highest BCUT2D eigenvalue weighted by Crippen LogP contribution is 2.24. The number of ether oxygens (including phenoxy) is 1. The standard InChI is InChI=1S/C19H18ClNO4S/c1-14-2-6-16(7-3-14)21(17-10-11-26(23,24)13-17)19(22)12-25-18-8-4-15(20)5-9-18/h2-11,17H,12-13H2,1H3. The Morgan fingerprint density at radius 2 is 1.81 bits per heavy atom. The number of carbonyl (C=O) groups is 1. The zero-order valence-corrected chi connectivity index (χ0v) is 15.7. The second kappa shape index (κ2) is 7.51. The largest absolute Gasteiger partial charge is 0.484 e. The van der Waals surface area contributed by atoms with Gasteiger partial charge >= 0.3 is 0 Å². The molecule has 3 rings (SSSR count). The number of hydrogen-bond acceptors (Lipinski definition) is 4. The van der Waals surface area contributed by atoms with Crippen LogP contribution in [0.25, 0.3) is 0 Å². The minimum Gasteiger partial charge on any atom is -0.484 e. The highest BCUT2D eigenvalue weighted by Gasteiger charge is 2.31. The first-order valence-corrected chi connectivity index (χ1v) is 10.1. The topological polar surface area (TPSA) is 63.7 Å². The Hall–Kier alpha value is -2.31. The fourth-order valence-corrected chi connectivity index (χ4v) is 4.09. The molecule has 1 unspecified atom stereocenters. The molecule has 26 heavy (non-hydrogen) atoms. The number of sulfone groups is 1. The predicted octanol–water partition coefficient (Wildman–Crippen LogP) is 3.37. The fraction of sp³-hybridized carbons (Fsp3) is 0.211. The molecule has 0 radical (unpaired) electrons. The number of benzene rings is 2. The SMILES string of the molecule is Cc1ccc(N(C(=O)COc2ccc(Cl)cc2)C2C=CS(=O)(=O)C2)cc1. The van der Waals surface area contributed by atoms with Crippen molar-refractivity contribution in [2.24, 2.45) is 0 Å². The molecule has 1 atom stereocenters. The molecule has 2 aromatic carbocycles. The summed E-state index contributed by atoms with van der Waals surface area (Å²) >= 11 is 5.84. The highest BCUT2D eigenvalue weighted by molar-refractivity contribution is 7.94. The van der Waals surface area contributed by atoms with Gasteiger partial charge in [0, 0.05) is 16.1 Å². The van der Waals surface area contributed by atoms with E-state index in [9.17, 15) is 13.2 Å². The van der Waals surface area contributed by atoms with Crippen molar-refractivity contribution in [2.75, 3.05) is 17.3 Å². The molecule has 7 heteroatoms. The Kier molecular flexibility index (Phi) is 5.34. The van der Waals surface area contributed by atoms with Gasteiger partial charge in [0.05, 0.1) is 11.8 Å². The van der Waals surface area contributed by atoms with Gasteiger partial charge in [-0.1, -0.05) is 29.3 Å². The van der Waals surface area contributed by atoms with E-state index in [1.165, 1.54) is 11.0 Å². The van der Waals surface area contributed by atoms with Gasteiger partial charge in [0.25, 0.3) is 5.91 Å². The zero-order chi connectivity index (χ0) is 18.7. The molecule has 136 valence electrons. The van der Waals surface area contributed by atoms with Crippen LogP contribution in [0.15, 0.2) is 60.0 Å². The smallest absolute Gasteiger partial charge is 0.265 e. The molecule has 0 aliphatic carbocycles. The lowest BCUT2D eigenvalue weighted by atomic mass is 10.1. The molecular formula is C19H18ClNO4S. The molecule has 0 N–H and O–H groups in total. The number of hydrogen-bond donors (Lipinski definition) is 0. The molecule has 0 bridgehead atoms. The van der Waals surface area contributed by atoms with Crippen LogP contribution in [0.4, 0.5) is 5.69 Å². The van der Waals surface area contributed by atoms with Gasteiger partial charge in [-0.15, -0.1) is 0 Å². The summed E-state index contributed by atoms with van der Waals surface area (Å²) in [5, 5.41) is 1.73. The average molecular weight is 392 g/mol. The Bertz CT molecular complexity index is 921. The summed E-state index contributed by atoms with van der Waals surface area (Å²) in [4.78, 5) is 14.3. The summed E-state index contributed by atoms with van der Waals surface area (Å²) < 4.78 is 29.1. The minimum absolute atomic E-state index is 0.131. The second-order valence-corrected chi connectivity index (χ2v) is 8.43. The van der Waals surface area contributed by atoms with Crippen LogP contribution in [0, 0.1) is 6.92 Å². The third-order valence-corrected chi connectivity index (χ3v) is 5.63. The third kappa shape index (κ3) is 4.45. The van der Waals surface area contributed by atoms with Crippen LogP contribution in [-0.2, 0) is 14.6 Å². The maximum Gasteiger partial charge on any atom is 0.265 e. The van der Waals surface area contributed by atoms with E-state index in [0.717, 1.165) is 11.0 Å². The van der Waals surface area contributed by atoms with Crippen LogP contribution in [0.5, 0.6) is 5.75 Å². The molecule has 0 saturated carbocycles. The lowest BCUT2D eigenvalue weighted by molar-refractivity contribution is -0.120. The number of rotatable bonds is 5. The van der Waals surface area contributed by atoms with E-state index in [0.29, 0.717) is 16.5 Å². The molecule has 0 aromatic heterocycles. The molecular weight excluding hydrogens is 374 g/mol. The van der Waals surface area contributed by atoms with E-state index in [4.69, 9.17) is 16.3 Å². The first-order valence-electron chi connectivity index (χ1n) is 8.02. The maximum absolute atomic E-state index is 12.8. The van der Waals surface area contributed by atoms with Gasteiger partial charge in [-0.05, 0) is 49.4 Å². The lowest BCUT2D eigenvalue weighted by Gasteiger charge is -2.27. The van der Waals surface area contributed by atoms with Crippen LogP contribution in [-0.4, -0.2) is 32.7 Å². The van der Waals surface area contributed by atoms with Gasteiger partial charge < -0.3 is 9.64 Å². The number of aryl methyl sites for hydroxylation is 1. The van der Waals surface area contributed by atoms with E-state index < -0.39 is 15.9 Å². The number of amides is 1. The van der Waals surface area contributed by atoms with E-state index in [2.05, 4.69) is 0 Å². The van der Waals surface area contributed by atoms with E-state index in [1.54, 1.807) is 36.4 Å². The lowest BCUT2D eigenvalue weighted by Crippen LogP contribution is -2.43. The van der Waals surface area contributed by atoms with Crippen molar-refractivity contribution < 1.29 is 17.9 Å². The fourth-order valence-electron chi connectivity index (χ4n) is 2.69. The molecule has 0 spiro atoms. The number of nitrogens with zero attached hydrogens (tertiary/aromatic N) is 1. The second-order valence-electron chi connectivity index (χ2n) is 6.07. The van der Waals surface area contributed by atoms with Crippen LogP contribution in [0.3, 0.4) is 0 Å². The first kappa shape index (κ1) is 18.5. The minimum atomic E-state index is -3.29. The van der Waals surface area contributed by atoms with Crippen molar-refractivity contribution in [3.63, 3.8) is 0 Å². The van der Waals surface area contributed by atoms with Gasteiger partial charge in [-0.3, -0.25) is 4.79 Å². The summed E-state index contributed by atoms with van der Waals surface area (Å²) in [5.41, 5.74) is 1.68. The molecule has 0 saturated heterocycles. The number of carbonyl (C=O) groups excluding carboxylic acids is 1. The Morgan fingerprint density at radius 1 is 1.15 bits per heavy atom. The van der Waals surface area contributed by atoms with Gasteiger partial charge in [-0.25, -0.2) is 8.42 Å². The van der Waals surface area contributed by atoms with E-state index in [1.807, 2.05) is 19.1 Å². The summed E-state index contributed by atoms with van der Waals surface area (Å²) in [7, 11) is -3.29. The van der Waals surface area contributed by atoms with Gasteiger partial charge in [0.15, 0.2) is 16.4 Å². The van der Waals surface area contributed by atoms with Crippen molar-refractivity contribution in [1.29, 1.82) is 0 Å². The quantitative estimate of drug-likeness (QED) is 0.783. The monoisotopic (exact) mass is 391 g/mol. The van der Waals surface area contributed by atoms with Gasteiger partial charge in [0.2, 0.25) is 0 Å². The molecule has 2 aromatic rings. The Morgan fingerprint density at radius 3 is 2.38 bits per heavy atom. The van der Waals surface area contributed by atoms with Crippen molar-refractivity contribution in [2.45, 2.75) is 13.0 Å². The van der Waals surface area contributed by atoms with Crippen LogP contribution >= 0.6 is 11.6 Å². The normalized spacial score (nSPS) is 17.8. The van der Waals surface area contributed by atoms with Crippen molar-refractivity contribution in [3.05, 3.63) is 70.6 Å². The molecule has 1 aliphatic rings. The van der Waals surface area contributed by atoms with Crippen molar-refractivity contribution in [3.8, 4) is 5.75 Å². The van der Waals surface area contributed by atoms with Crippen molar-refractivity contribution in [1.82, 2.24) is 0 Å². The summed E-state index contributed by atoms with van der Waals surface area (Å²) in [5.74, 6) is 0.0600. The van der Waals surface area contributed by atoms with Gasteiger partial charge in [-0.2, -0.15) is 0 Å². The molecule has 5 nitrogen and oxygen atoms in total. The van der Waals surface area contributed by atoms with E-state index >= 15 is 0 Å². The van der Waals surface area contributed by atoms with Crippen LogP contribution < -0.4 is 9.64 Å². The van der Waals surface area contributed by atoms with Crippen LogP contribution in [0.2, 0.25) is 5.02 Å². The molecule has 0 fully saturated rings.